The molecular weight excluding hydrogens is 266 g/mol. The van der Waals surface area contributed by atoms with Crippen LogP contribution in [0.5, 0.6) is 0 Å². The highest BCUT2D eigenvalue weighted by Crippen LogP contribution is 2.23. The highest BCUT2D eigenvalue weighted by atomic mass is 32.1. The zero-order valence-corrected chi connectivity index (χ0v) is 14.1. The summed E-state index contributed by atoms with van der Waals surface area (Å²) in [6, 6.07) is 2.38. The zero-order chi connectivity index (χ0) is 15.1. The summed E-state index contributed by atoms with van der Waals surface area (Å²) >= 11 is 1.72. The molecule has 0 bridgehead atoms. The van der Waals surface area contributed by atoms with Gasteiger partial charge < -0.3 is 5.73 Å². The van der Waals surface area contributed by atoms with Crippen LogP contribution in [0.15, 0.2) is 26.8 Å². The van der Waals surface area contributed by atoms with E-state index in [4.69, 9.17) is 5.73 Å². The third-order valence-corrected chi connectivity index (χ3v) is 4.65. The van der Waals surface area contributed by atoms with Gasteiger partial charge in [-0.05, 0) is 48.6 Å². The minimum atomic E-state index is 0.220. The molecule has 1 heterocycles. The van der Waals surface area contributed by atoms with E-state index in [0.717, 1.165) is 18.6 Å². The molecule has 1 aromatic rings. The average molecular weight is 293 g/mol. The Hall–Kier alpha value is -1.16. The van der Waals surface area contributed by atoms with E-state index in [1.54, 1.807) is 11.3 Å². The molecule has 0 aromatic carbocycles. The minimum absolute atomic E-state index is 0.220. The van der Waals surface area contributed by atoms with E-state index in [9.17, 15) is 0 Å². The summed E-state index contributed by atoms with van der Waals surface area (Å²) in [4.78, 5) is 9.01. The highest BCUT2D eigenvalue weighted by Gasteiger charge is 2.14. The van der Waals surface area contributed by atoms with Gasteiger partial charge in [0.2, 0.25) is 5.96 Å². The van der Waals surface area contributed by atoms with Gasteiger partial charge in [0.1, 0.15) is 0 Å². The smallest absolute Gasteiger partial charge is 0.215 e. The molecule has 0 saturated carbocycles. The Balaban J connectivity index is 2.83. The quantitative estimate of drug-likeness (QED) is 0.611. The van der Waals surface area contributed by atoms with E-state index in [2.05, 4.69) is 54.5 Å². The van der Waals surface area contributed by atoms with Gasteiger partial charge in [0, 0.05) is 11.6 Å². The Kier molecular flexibility index (Phi) is 6.93. The lowest BCUT2D eigenvalue weighted by Gasteiger charge is -2.15. The Morgan fingerprint density at radius 2 is 2.00 bits per heavy atom. The van der Waals surface area contributed by atoms with E-state index in [1.807, 2.05) is 6.92 Å². The van der Waals surface area contributed by atoms with E-state index in [-0.39, 0.29) is 6.04 Å². The molecule has 3 nitrogen and oxygen atoms in total. The van der Waals surface area contributed by atoms with Crippen molar-refractivity contribution in [3.63, 3.8) is 0 Å². The number of thiophene rings is 1. The van der Waals surface area contributed by atoms with Crippen LogP contribution in [0.3, 0.4) is 0 Å². The molecule has 20 heavy (non-hydrogen) atoms. The van der Waals surface area contributed by atoms with Gasteiger partial charge in [-0.2, -0.15) is 11.3 Å². The van der Waals surface area contributed by atoms with E-state index in [0.29, 0.717) is 17.8 Å². The monoisotopic (exact) mass is 293 g/mol. The maximum Gasteiger partial charge on any atom is 0.215 e. The molecule has 1 rings (SSSR count). The fourth-order valence-corrected chi connectivity index (χ4v) is 2.92. The number of nitrogens with two attached hydrogens (primary N) is 1. The summed E-state index contributed by atoms with van der Waals surface area (Å²) < 4.78 is 0. The van der Waals surface area contributed by atoms with Crippen molar-refractivity contribution >= 4 is 23.0 Å². The molecule has 0 amide bonds. The molecule has 4 heteroatoms. The molecule has 3 unspecified atom stereocenters. The maximum absolute atomic E-state index is 5.98. The van der Waals surface area contributed by atoms with Gasteiger partial charge in [0.25, 0.3) is 0 Å². The predicted octanol–water partition coefficient (Wildman–Crippen LogP) is 4.45. The van der Waals surface area contributed by atoms with Gasteiger partial charge >= 0.3 is 0 Å². The van der Waals surface area contributed by atoms with Crippen molar-refractivity contribution in [2.45, 2.75) is 59.4 Å². The Morgan fingerprint density at radius 3 is 2.50 bits per heavy atom. The van der Waals surface area contributed by atoms with E-state index in [1.165, 1.54) is 5.56 Å². The molecule has 2 N–H and O–H groups in total. The van der Waals surface area contributed by atoms with Crippen molar-refractivity contribution in [1.29, 1.82) is 0 Å². The first-order valence-corrected chi connectivity index (χ1v) is 8.34. The number of guanidine groups is 1. The minimum Gasteiger partial charge on any atom is -0.368 e. The Bertz CT molecular complexity index is 448. The predicted molar refractivity (Wildman–Crippen MR) is 91.0 cm³/mol. The summed E-state index contributed by atoms with van der Waals surface area (Å²) in [5.41, 5.74) is 8.34. The van der Waals surface area contributed by atoms with Gasteiger partial charge in [-0.1, -0.05) is 27.2 Å². The SMILES string of the molecule is CCC(C(C)=NC(N)=NC(C)C(C)CC)c1ccsc1. The van der Waals surface area contributed by atoms with Crippen molar-refractivity contribution in [3.8, 4) is 0 Å². The van der Waals surface area contributed by atoms with Crippen LogP contribution in [-0.4, -0.2) is 17.7 Å². The largest absolute Gasteiger partial charge is 0.368 e. The van der Waals surface area contributed by atoms with E-state index < -0.39 is 0 Å². The second-order valence-corrected chi connectivity index (χ2v) is 6.16. The Morgan fingerprint density at radius 1 is 1.30 bits per heavy atom. The van der Waals surface area contributed by atoms with Crippen LogP contribution in [0.2, 0.25) is 0 Å². The maximum atomic E-state index is 5.98. The topological polar surface area (TPSA) is 50.7 Å². The molecule has 112 valence electrons. The first kappa shape index (κ1) is 16.9. The molecule has 0 saturated heterocycles. The van der Waals surface area contributed by atoms with Crippen LogP contribution < -0.4 is 5.73 Å². The lowest BCUT2D eigenvalue weighted by molar-refractivity contribution is 0.471. The third-order valence-electron chi connectivity index (χ3n) is 3.95. The molecule has 0 aliphatic heterocycles. The summed E-state index contributed by atoms with van der Waals surface area (Å²) in [6.07, 6.45) is 2.13. The molecular formula is C16H27N3S. The summed E-state index contributed by atoms with van der Waals surface area (Å²) in [5, 5.41) is 4.29. The number of hydrogen-bond donors (Lipinski definition) is 1. The van der Waals surface area contributed by atoms with Gasteiger partial charge in [-0.3, -0.25) is 0 Å². The Labute approximate surface area is 127 Å². The molecule has 0 spiro atoms. The van der Waals surface area contributed by atoms with Crippen LogP contribution >= 0.6 is 11.3 Å². The van der Waals surface area contributed by atoms with Crippen molar-refractivity contribution < 1.29 is 0 Å². The van der Waals surface area contributed by atoms with Crippen LogP contribution in [-0.2, 0) is 0 Å². The fourth-order valence-electron chi connectivity index (χ4n) is 2.21. The van der Waals surface area contributed by atoms with Gasteiger partial charge in [-0.25, -0.2) is 9.98 Å². The molecule has 0 fully saturated rings. The number of aliphatic imine (C=N–C) groups is 2. The molecule has 0 aliphatic rings. The normalized spacial score (nSPS) is 17.9. The first-order chi connectivity index (χ1) is 9.49. The van der Waals surface area contributed by atoms with Crippen molar-refractivity contribution in [3.05, 3.63) is 22.4 Å². The van der Waals surface area contributed by atoms with Crippen LogP contribution in [0.4, 0.5) is 0 Å². The summed E-state index contributed by atoms with van der Waals surface area (Å²) in [5.74, 6) is 1.28. The van der Waals surface area contributed by atoms with Crippen LogP contribution in [0, 0.1) is 5.92 Å². The number of rotatable bonds is 6. The van der Waals surface area contributed by atoms with Crippen molar-refractivity contribution in [2.24, 2.45) is 21.6 Å². The summed E-state index contributed by atoms with van der Waals surface area (Å²) in [7, 11) is 0. The highest BCUT2D eigenvalue weighted by molar-refractivity contribution is 7.08. The van der Waals surface area contributed by atoms with Crippen molar-refractivity contribution in [1.82, 2.24) is 0 Å². The summed E-state index contributed by atoms with van der Waals surface area (Å²) in [6.45, 7) is 10.7. The number of hydrogen-bond acceptors (Lipinski definition) is 2. The molecule has 3 atom stereocenters. The first-order valence-electron chi connectivity index (χ1n) is 7.40. The molecule has 0 aliphatic carbocycles. The standard InChI is InChI=1S/C16H27N3S/c1-6-11(3)12(4)18-16(17)19-13(5)15(7-2)14-8-9-20-10-14/h8-12,15H,6-7H2,1-5H3,(H2,17,18). The van der Waals surface area contributed by atoms with Crippen molar-refractivity contribution in [2.75, 3.05) is 0 Å². The second-order valence-electron chi connectivity index (χ2n) is 5.38. The third kappa shape index (κ3) is 4.75. The van der Waals surface area contributed by atoms with Crippen LogP contribution in [0.1, 0.15) is 58.9 Å². The van der Waals surface area contributed by atoms with Gasteiger partial charge in [0.05, 0.1) is 6.04 Å². The zero-order valence-electron chi connectivity index (χ0n) is 13.3. The number of nitrogens with zero attached hydrogens (tertiary/aromatic N) is 2. The molecule has 0 radical (unpaired) electrons. The lowest BCUT2D eigenvalue weighted by Crippen LogP contribution is -2.20. The molecule has 1 aromatic heterocycles. The average Bonchev–Trinajstić information content (AvgIpc) is 2.92. The second kappa shape index (κ2) is 8.20. The lowest BCUT2D eigenvalue weighted by atomic mass is 9.95. The van der Waals surface area contributed by atoms with Crippen LogP contribution in [0.25, 0.3) is 0 Å². The van der Waals surface area contributed by atoms with Gasteiger partial charge in [0.15, 0.2) is 0 Å². The van der Waals surface area contributed by atoms with E-state index >= 15 is 0 Å². The van der Waals surface area contributed by atoms with Gasteiger partial charge in [-0.15, -0.1) is 0 Å². The fraction of sp³-hybridized carbons (Fsp3) is 0.625.